The predicted octanol–water partition coefficient (Wildman–Crippen LogP) is 6.11. The summed E-state index contributed by atoms with van der Waals surface area (Å²) in [6, 6.07) is 31.9. The van der Waals surface area contributed by atoms with Crippen LogP contribution in [0.3, 0.4) is 0 Å². The van der Waals surface area contributed by atoms with Gasteiger partial charge in [0.15, 0.2) is 0 Å². The van der Waals surface area contributed by atoms with Crippen LogP contribution in [0.2, 0.25) is 0 Å². The summed E-state index contributed by atoms with van der Waals surface area (Å²) in [5.41, 5.74) is 4.99. The molecule has 0 aliphatic carbocycles. The molecule has 25 heavy (non-hydrogen) atoms. The first-order valence-corrected chi connectivity index (χ1v) is 8.55. The Morgan fingerprint density at radius 1 is 0.680 bits per heavy atom. The summed E-state index contributed by atoms with van der Waals surface area (Å²) in [6.07, 6.45) is 0.856. The van der Waals surface area contributed by atoms with Crippen molar-refractivity contribution in [1.82, 2.24) is 0 Å². The molecule has 1 heteroatoms. The molecule has 4 aromatic carbocycles. The van der Waals surface area contributed by atoms with Crippen LogP contribution < -0.4 is 4.74 Å². The zero-order valence-corrected chi connectivity index (χ0v) is 14.3. The summed E-state index contributed by atoms with van der Waals surface area (Å²) < 4.78 is 5.82. The van der Waals surface area contributed by atoms with Crippen molar-refractivity contribution in [2.45, 2.75) is 6.42 Å². The molecule has 4 rings (SSSR count). The smallest absolute Gasteiger partial charge is 0.130 e. The number of rotatable bonds is 4. The highest BCUT2D eigenvalue weighted by Gasteiger charge is 2.14. The summed E-state index contributed by atoms with van der Waals surface area (Å²) in [6.45, 7) is 0. The van der Waals surface area contributed by atoms with Crippen molar-refractivity contribution < 1.29 is 4.74 Å². The van der Waals surface area contributed by atoms with Crippen LogP contribution in [0.25, 0.3) is 21.9 Å². The van der Waals surface area contributed by atoms with Gasteiger partial charge in [-0.1, -0.05) is 84.9 Å². The van der Waals surface area contributed by atoms with E-state index < -0.39 is 0 Å². The molecule has 0 bridgehead atoms. The van der Waals surface area contributed by atoms with Gasteiger partial charge >= 0.3 is 0 Å². The molecule has 1 nitrogen and oxygen atoms in total. The monoisotopic (exact) mass is 324 g/mol. The third-order valence-corrected chi connectivity index (χ3v) is 4.60. The molecule has 0 fully saturated rings. The van der Waals surface area contributed by atoms with Crippen LogP contribution in [0.5, 0.6) is 5.75 Å². The van der Waals surface area contributed by atoms with E-state index in [0.717, 1.165) is 17.6 Å². The van der Waals surface area contributed by atoms with E-state index in [9.17, 15) is 0 Å². The van der Waals surface area contributed by atoms with Crippen LogP contribution in [0.4, 0.5) is 0 Å². The van der Waals surface area contributed by atoms with Crippen LogP contribution >= 0.6 is 0 Å². The van der Waals surface area contributed by atoms with Gasteiger partial charge in [-0.3, -0.25) is 0 Å². The fourth-order valence-corrected chi connectivity index (χ4v) is 3.45. The zero-order valence-electron chi connectivity index (χ0n) is 14.3. The van der Waals surface area contributed by atoms with Crippen molar-refractivity contribution in [1.29, 1.82) is 0 Å². The van der Waals surface area contributed by atoms with E-state index in [2.05, 4.69) is 91.0 Å². The number of ether oxygens (including phenoxy) is 1. The summed E-state index contributed by atoms with van der Waals surface area (Å²) in [5, 5.41) is 2.39. The SMILES string of the molecule is COc1c(Cc2ccccc2)cc(-c2ccccc2)c2ccccc12. The van der Waals surface area contributed by atoms with Crippen molar-refractivity contribution >= 4 is 10.8 Å². The summed E-state index contributed by atoms with van der Waals surface area (Å²) in [5.74, 6) is 0.971. The Bertz CT molecular complexity index is 988. The lowest BCUT2D eigenvalue weighted by atomic mass is 9.92. The van der Waals surface area contributed by atoms with E-state index >= 15 is 0 Å². The third-order valence-electron chi connectivity index (χ3n) is 4.60. The van der Waals surface area contributed by atoms with Crippen molar-refractivity contribution in [2.75, 3.05) is 7.11 Å². The first-order chi connectivity index (χ1) is 12.4. The maximum atomic E-state index is 5.82. The van der Waals surface area contributed by atoms with E-state index in [1.54, 1.807) is 7.11 Å². The van der Waals surface area contributed by atoms with Crippen LogP contribution in [-0.4, -0.2) is 7.11 Å². The molecular formula is C24H20O. The molecular weight excluding hydrogens is 304 g/mol. The Hall–Kier alpha value is -3.06. The number of hydrogen-bond acceptors (Lipinski definition) is 1. The van der Waals surface area contributed by atoms with Gasteiger partial charge in [0.05, 0.1) is 7.11 Å². The second-order valence-corrected chi connectivity index (χ2v) is 6.19. The Morgan fingerprint density at radius 3 is 1.96 bits per heavy atom. The Morgan fingerprint density at radius 2 is 1.28 bits per heavy atom. The first-order valence-electron chi connectivity index (χ1n) is 8.55. The van der Waals surface area contributed by atoms with E-state index in [0.29, 0.717) is 0 Å². The van der Waals surface area contributed by atoms with Gasteiger partial charge in [0.25, 0.3) is 0 Å². The largest absolute Gasteiger partial charge is 0.496 e. The van der Waals surface area contributed by atoms with Gasteiger partial charge in [-0.05, 0) is 33.7 Å². The fraction of sp³-hybridized carbons (Fsp3) is 0.0833. The molecule has 0 spiro atoms. The van der Waals surface area contributed by atoms with E-state index in [4.69, 9.17) is 4.74 Å². The Labute approximate surface area is 148 Å². The number of hydrogen-bond donors (Lipinski definition) is 0. The van der Waals surface area contributed by atoms with Gasteiger partial charge < -0.3 is 4.74 Å². The van der Waals surface area contributed by atoms with Gasteiger partial charge in [-0.25, -0.2) is 0 Å². The molecule has 0 aliphatic heterocycles. The topological polar surface area (TPSA) is 9.23 Å². The Balaban J connectivity index is 1.96. The third kappa shape index (κ3) is 3.01. The quantitative estimate of drug-likeness (QED) is 0.440. The summed E-state index contributed by atoms with van der Waals surface area (Å²) in [7, 11) is 1.76. The van der Waals surface area contributed by atoms with Crippen molar-refractivity contribution in [3.05, 3.63) is 102 Å². The predicted molar refractivity (Wildman–Crippen MR) is 105 cm³/mol. The van der Waals surface area contributed by atoms with Crippen LogP contribution in [0.15, 0.2) is 91.0 Å². The highest BCUT2D eigenvalue weighted by Crippen LogP contribution is 2.38. The lowest BCUT2D eigenvalue weighted by Gasteiger charge is -2.16. The second kappa shape index (κ2) is 6.82. The van der Waals surface area contributed by atoms with E-state index in [1.165, 1.54) is 27.6 Å². The molecule has 0 aromatic heterocycles. The fourth-order valence-electron chi connectivity index (χ4n) is 3.45. The van der Waals surface area contributed by atoms with E-state index in [-0.39, 0.29) is 0 Å². The molecule has 0 saturated heterocycles. The molecule has 4 aromatic rings. The molecule has 0 N–H and O–H groups in total. The molecule has 122 valence electrons. The van der Waals surface area contributed by atoms with Crippen LogP contribution in [-0.2, 0) is 6.42 Å². The minimum atomic E-state index is 0.856. The molecule has 0 aliphatic rings. The van der Waals surface area contributed by atoms with Gasteiger partial charge in [-0.2, -0.15) is 0 Å². The maximum Gasteiger partial charge on any atom is 0.130 e. The lowest BCUT2D eigenvalue weighted by Crippen LogP contribution is -1.97. The van der Waals surface area contributed by atoms with Crippen molar-refractivity contribution in [2.24, 2.45) is 0 Å². The van der Waals surface area contributed by atoms with Gasteiger partial charge in [-0.15, -0.1) is 0 Å². The molecule has 0 saturated carbocycles. The molecule has 0 unspecified atom stereocenters. The maximum absolute atomic E-state index is 5.82. The zero-order chi connectivity index (χ0) is 17.1. The van der Waals surface area contributed by atoms with Crippen LogP contribution in [0.1, 0.15) is 11.1 Å². The minimum absolute atomic E-state index is 0.856. The lowest BCUT2D eigenvalue weighted by molar-refractivity contribution is 0.415. The number of methoxy groups -OCH3 is 1. The summed E-state index contributed by atoms with van der Waals surface area (Å²) >= 11 is 0. The second-order valence-electron chi connectivity index (χ2n) is 6.19. The van der Waals surface area contributed by atoms with Crippen molar-refractivity contribution in [3.8, 4) is 16.9 Å². The molecule has 0 amide bonds. The van der Waals surface area contributed by atoms with E-state index in [1.807, 2.05) is 0 Å². The normalized spacial score (nSPS) is 10.8. The van der Waals surface area contributed by atoms with Crippen LogP contribution in [0, 0.1) is 0 Å². The highest BCUT2D eigenvalue weighted by molar-refractivity contribution is 6.01. The molecule has 0 heterocycles. The average Bonchev–Trinajstić information content (AvgIpc) is 2.69. The number of benzene rings is 4. The van der Waals surface area contributed by atoms with Gasteiger partial charge in [0.2, 0.25) is 0 Å². The highest BCUT2D eigenvalue weighted by atomic mass is 16.5. The Kier molecular flexibility index (Phi) is 4.22. The van der Waals surface area contributed by atoms with Gasteiger partial charge in [0.1, 0.15) is 5.75 Å². The number of fused-ring (bicyclic) bond motifs is 1. The molecule has 0 radical (unpaired) electrons. The minimum Gasteiger partial charge on any atom is -0.496 e. The van der Waals surface area contributed by atoms with Gasteiger partial charge in [0, 0.05) is 11.8 Å². The summed E-state index contributed by atoms with van der Waals surface area (Å²) in [4.78, 5) is 0. The average molecular weight is 324 g/mol. The standard InChI is InChI=1S/C24H20O/c1-25-24-20(16-18-10-4-2-5-11-18)17-23(19-12-6-3-7-13-19)21-14-8-9-15-22(21)24/h2-15,17H,16H2,1H3. The first kappa shape index (κ1) is 15.5. The molecule has 0 atom stereocenters. The van der Waals surface area contributed by atoms with Crippen molar-refractivity contribution in [3.63, 3.8) is 0 Å².